The summed E-state index contributed by atoms with van der Waals surface area (Å²) in [5.41, 5.74) is 0.574. The lowest BCUT2D eigenvalue weighted by Crippen LogP contribution is -2.32. The zero-order valence-corrected chi connectivity index (χ0v) is 13.9. The van der Waals surface area contributed by atoms with E-state index in [1.807, 2.05) is 13.8 Å². The Bertz CT molecular complexity index is 783. The van der Waals surface area contributed by atoms with Crippen molar-refractivity contribution >= 4 is 5.97 Å². The van der Waals surface area contributed by atoms with E-state index >= 15 is 0 Å². The Morgan fingerprint density at radius 3 is 2.67 bits per heavy atom. The van der Waals surface area contributed by atoms with E-state index in [0.29, 0.717) is 11.5 Å². The number of esters is 1. The van der Waals surface area contributed by atoms with Gasteiger partial charge in [0.15, 0.2) is 11.5 Å². The van der Waals surface area contributed by atoms with Crippen molar-refractivity contribution in [2.75, 3.05) is 7.11 Å². The van der Waals surface area contributed by atoms with Gasteiger partial charge < -0.3 is 14.2 Å². The molecule has 0 bridgehead atoms. The van der Waals surface area contributed by atoms with Crippen LogP contribution in [0.15, 0.2) is 36.4 Å². The van der Waals surface area contributed by atoms with E-state index in [4.69, 9.17) is 14.2 Å². The average Bonchev–Trinajstić information content (AvgIpc) is 2.54. The third kappa shape index (κ3) is 3.20. The number of halogens is 1. The molecule has 0 aromatic heterocycles. The van der Waals surface area contributed by atoms with Crippen molar-refractivity contribution in [1.82, 2.24) is 0 Å². The molecule has 1 aliphatic heterocycles. The highest BCUT2D eigenvalue weighted by Gasteiger charge is 2.28. The van der Waals surface area contributed by atoms with Crippen molar-refractivity contribution in [2.24, 2.45) is 0 Å². The summed E-state index contributed by atoms with van der Waals surface area (Å²) in [5, 5.41) is 0. The molecule has 4 nitrogen and oxygen atoms in total. The average molecular weight is 330 g/mol. The number of fused-ring (bicyclic) bond motifs is 1. The molecule has 24 heavy (non-hydrogen) atoms. The first-order valence-electron chi connectivity index (χ1n) is 7.76. The predicted molar refractivity (Wildman–Crippen MR) is 87.4 cm³/mol. The second-order valence-corrected chi connectivity index (χ2v) is 6.34. The van der Waals surface area contributed by atoms with Crippen LogP contribution in [0.2, 0.25) is 0 Å². The van der Waals surface area contributed by atoms with E-state index in [0.717, 1.165) is 18.4 Å². The molecule has 0 amide bonds. The molecule has 0 N–H and O–H groups in total. The number of aryl methyl sites for hydroxylation is 1. The van der Waals surface area contributed by atoms with Crippen LogP contribution in [0.3, 0.4) is 0 Å². The lowest BCUT2D eigenvalue weighted by atomic mass is 9.94. The van der Waals surface area contributed by atoms with Crippen LogP contribution in [0.4, 0.5) is 4.39 Å². The minimum atomic E-state index is -0.761. The quantitative estimate of drug-likeness (QED) is 0.626. The number of hydrogen-bond donors (Lipinski definition) is 0. The molecule has 1 aliphatic rings. The van der Waals surface area contributed by atoms with Gasteiger partial charge in [0.1, 0.15) is 17.2 Å². The number of hydrogen-bond acceptors (Lipinski definition) is 4. The third-order valence-electron chi connectivity index (χ3n) is 4.03. The molecule has 2 aromatic rings. The monoisotopic (exact) mass is 330 g/mol. The largest absolute Gasteiger partial charge is 0.493 e. The molecule has 126 valence electrons. The molecule has 0 spiro atoms. The van der Waals surface area contributed by atoms with Gasteiger partial charge in [-0.2, -0.15) is 0 Å². The van der Waals surface area contributed by atoms with Crippen molar-refractivity contribution in [2.45, 2.75) is 32.3 Å². The van der Waals surface area contributed by atoms with Gasteiger partial charge in [0.2, 0.25) is 0 Å². The summed E-state index contributed by atoms with van der Waals surface area (Å²) in [6.07, 6.45) is 1.66. The molecular weight excluding hydrogens is 311 g/mol. The molecular formula is C19H19FO4. The SMILES string of the molecule is COc1cc2c(cc1OC(=O)c1ccccc1F)CCC(C)(C)O2. The fourth-order valence-corrected chi connectivity index (χ4v) is 2.68. The molecule has 0 unspecified atom stereocenters. The third-order valence-corrected chi connectivity index (χ3v) is 4.03. The Kier molecular flexibility index (Phi) is 4.18. The molecule has 2 aromatic carbocycles. The van der Waals surface area contributed by atoms with Gasteiger partial charge in [0.25, 0.3) is 0 Å². The van der Waals surface area contributed by atoms with Gasteiger partial charge in [0, 0.05) is 6.07 Å². The van der Waals surface area contributed by atoms with E-state index in [1.165, 1.54) is 25.3 Å². The second kappa shape index (κ2) is 6.15. The molecule has 0 aliphatic carbocycles. The van der Waals surface area contributed by atoms with Crippen LogP contribution >= 0.6 is 0 Å². The maximum Gasteiger partial charge on any atom is 0.346 e. The summed E-state index contributed by atoms with van der Waals surface area (Å²) in [5.74, 6) is -0.0364. The summed E-state index contributed by atoms with van der Waals surface area (Å²) in [6, 6.07) is 9.14. The van der Waals surface area contributed by atoms with Gasteiger partial charge in [-0.25, -0.2) is 9.18 Å². The number of rotatable bonds is 3. The van der Waals surface area contributed by atoms with E-state index < -0.39 is 11.8 Å². The molecule has 0 fully saturated rings. The number of methoxy groups -OCH3 is 1. The highest BCUT2D eigenvalue weighted by molar-refractivity contribution is 5.91. The van der Waals surface area contributed by atoms with Gasteiger partial charge in [0.05, 0.1) is 12.7 Å². The first kappa shape index (κ1) is 16.3. The molecule has 5 heteroatoms. The van der Waals surface area contributed by atoms with E-state index in [-0.39, 0.29) is 16.9 Å². The van der Waals surface area contributed by atoms with Crippen molar-refractivity contribution in [3.8, 4) is 17.2 Å². The standard InChI is InChI=1S/C19H19FO4/c1-19(2)9-8-12-10-17(16(22-3)11-15(12)24-19)23-18(21)13-6-4-5-7-14(13)20/h4-7,10-11H,8-9H2,1-3H3. The summed E-state index contributed by atoms with van der Waals surface area (Å²) in [6.45, 7) is 4.04. The Hall–Kier alpha value is -2.56. The molecule has 0 atom stereocenters. The zero-order valence-electron chi connectivity index (χ0n) is 13.9. The smallest absolute Gasteiger partial charge is 0.346 e. The summed E-state index contributed by atoms with van der Waals surface area (Å²) in [4.78, 5) is 12.2. The zero-order chi connectivity index (χ0) is 17.3. The Morgan fingerprint density at radius 2 is 1.96 bits per heavy atom. The van der Waals surface area contributed by atoms with Crippen LogP contribution in [0, 0.1) is 5.82 Å². The fourth-order valence-electron chi connectivity index (χ4n) is 2.68. The number of ether oxygens (including phenoxy) is 3. The van der Waals surface area contributed by atoms with E-state index in [9.17, 15) is 9.18 Å². The Balaban J connectivity index is 1.91. The van der Waals surface area contributed by atoms with Crippen LogP contribution in [-0.4, -0.2) is 18.7 Å². The molecule has 0 saturated carbocycles. The van der Waals surface area contributed by atoms with Crippen LogP contribution in [0.25, 0.3) is 0 Å². The van der Waals surface area contributed by atoms with Gasteiger partial charge in [-0.15, -0.1) is 0 Å². The lowest BCUT2D eigenvalue weighted by Gasteiger charge is -2.33. The Labute approximate surface area is 140 Å². The predicted octanol–water partition coefficient (Wildman–Crippen LogP) is 4.16. The minimum absolute atomic E-state index is 0.116. The first-order chi connectivity index (χ1) is 11.4. The van der Waals surface area contributed by atoms with Crippen LogP contribution < -0.4 is 14.2 Å². The van der Waals surface area contributed by atoms with E-state index in [2.05, 4.69) is 0 Å². The lowest BCUT2D eigenvalue weighted by molar-refractivity contribution is 0.0715. The maximum atomic E-state index is 13.7. The van der Waals surface area contributed by atoms with Crippen molar-refractivity contribution < 1.29 is 23.4 Å². The van der Waals surface area contributed by atoms with E-state index in [1.54, 1.807) is 18.2 Å². The van der Waals surface area contributed by atoms with Crippen molar-refractivity contribution in [1.29, 1.82) is 0 Å². The molecule has 0 saturated heterocycles. The van der Waals surface area contributed by atoms with Gasteiger partial charge in [-0.1, -0.05) is 12.1 Å². The molecule has 1 heterocycles. The molecule has 3 rings (SSSR count). The van der Waals surface area contributed by atoms with Crippen molar-refractivity contribution in [3.05, 3.63) is 53.3 Å². The highest BCUT2D eigenvalue weighted by Crippen LogP contribution is 2.41. The topological polar surface area (TPSA) is 44.8 Å². The number of benzene rings is 2. The van der Waals surface area contributed by atoms with Gasteiger partial charge >= 0.3 is 5.97 Å². The molecule has 0 radical (unpaired) electrons. The second-order valence-electron chi connectivity index (χ2n) is 6.34. The van der Waals surface area contributed by atoms with Crippen molar-refractivity contribution in [3.63, 3.8) is 0 Å². The van der Waals surface area contributed by atoms with Gasteiger partial charge in [-0.05, 0) is 50.5 Å². The normalized spacial score (nSPS) is 15.2. The summed E-state index contributed by atoms with van der Waals surface area (Å²) >= 11 is 0. The van der Waals surface area contributed by atoms with Crippen LogP contribution in [-0.2, 0) is 6.42 Å². The summed E-state index contributed by atoms with van der Waals surface area (Å²) < 4.78 is 30.3. The summed E-state index contributed by atoms with van der Waals surface area (Å²) in [7, 11) is 1.48. The minimum Gasteiger partial charge on any atom is -0.493 e. The number of carbonyl (C=O) groups is 1. The number of carbonyl (C=O) groups excluding carboxylic acids is 1. The highest BCUT2D eigenvalue weighted by atomic mass is 19.1. The van der Waals surface area contributed by atoms with Crippen LogP contribution in [0.5, 0.6) is 17.2 Å². The maximum absolute atomic E-state index is 13.7. The van der Waals surface area contributed by atoms with Crippen LogP contribution in [0.1, 0.15) is 36.2 Å². The Morgan fingerprint density at radius 1 is 1.21 bits per heavy atom. The first-order valence-corrected chi connectivity index (χ1v) is 7.76. The fraction of sp³-hybridized carbons (Fsp3) is 0.316. The van der Waals surface area contributed by atoms with Gasteiger partial charge in [-0.3, -0.25) is 0 Å².